The maximum atomic E-state index is 14.2. The third-order valence-corrected chi connectivity index (χ3v) is 8.00. The van der Waals surface area contributed by atoms with E-state index in [0.717, 1.165) is 29.2 Å². The lowest BCUT2D eigenvalue weighted by Crippen LogP contribution is -2.62. The van der Waals surface area contributed by atoms with E-state index in [9.17, 15) is 31.9 Å². The van der Waals surface area contributed by atoms with Crippen molar-refractivity contribution in [3.63, 3.8) is 0 Å². The van der Waals surface area contributed by atoms with E-state index in [0.29, 0.717) is 19.4 Å². The van der Waals surface area contributed by atoms with Crippen LogP contribution < -0.4 is 15.4 Å². The van der Waals surface area contributed by atoms with Crippen LogP contribution in [-0.4, -0.2) is 54.3 Å². The van der Waals surface area contributed by atoms with Crippen molar-refractivity contribution in [3.05, 3.63) is 77.4 Å². The van der Waals surface area contributed by atoms with Gasteiger partial charge in [-0.3, -0.25) is 19.7 Å². The number of ketones is 1. The molecule has 0 spiro atoms. The molecule has 1 aliphatic heterocycles. The first-order valence-electron chi connectivity index (χ1n) is 16.0. The Labute approximate surface area is 277 Å². The van der Waals surface area contributed by atoms with Gasteiger partial charge in [0.25, 0.3) is 0 Å². The van der Waals surface area contributed by atoms with E-state index >= 15 is 0 Å². The fourth-order valence-corrected chi connectivity index (χ4v) is 5.71. The molecule has 0 aromatic heterocycles. The van der Waals surface area contributed by atoms with Crippen LogP contribution in [0.15, 0.2) is 48.5 Å². The lowest BCUT2D eigenvalue weighted by molar-refractivity contribution is -0.156. The van der Waals surface area contributed by atoms with E-state index in [-0.39, 0.29) is 12.0 Å². The van der Waals surface area contributed by atoms with E-state index in [1.165, 1.54) is 0 Å². The molecule has 2 N–H and O–H groups in total. The molecule has 48 heavy (non-hydrogen) atoms. The number of hydrogen-bond donors (Lipinski definition) is 2. The van der Waals surface area contributed by atoms with Gasteiger partial charge in [0.05, 0.1) is 12.5 Å². The number of Topliss-reactive ketones (excluding diaryl/α,β-unsaturated/α-hetero) is 1. The SMILES string of the molecule is CC(C)[C@H](NC1(Cc2cccc3ccccc23)CCCCO1)C(=O)N[C@@H](CC(=O)OC(C)(C)C)C(=O)COc1c(F)c(F)cc(F)c1F. The van der Waals surface area contributed by atoms with Crippen molar-refractivity contribution in [3.8, 4) is 5.75 Å². The summed E-state index contributed by atoms with van der Waals surface area (Å²) in [5.74, 6) is -11.3. The van der Waals surface area contributed by atoms with E-state index in [1.807, 2.05) is 56.3 Å². The molecular weight excluding hydrogens is 632 g/mol. The topological polar surface area (TPSA) is 103 Å². The molecular formula is C36H42F4N2O6. The summed E-state index contributed by atoms with van der Waals surface area (Å²) in [5.41, 5.74) is -0.835. The van der Waals surface area contributed by atoms with Crippen LogP contribution in [0.3, 0.4) is 0 Å². The Kier molecular flexibility index (Phi) is 11.9. The molecule has 1 unspecified atom stereocenters. The number of carbonyl (C=O) groups is 3. The van der Waals surface area contributed by atoms with E-state index in [1.54, 1.807) is 20.8 Å². The summed E-state index contributed by atoms with van der Waals surface area (Å²) >= 11 is 0. The van der Waals surface area contributed by atoms with Crippen molar-refractivity contribution in [2.45, 2.75) is 90.1 Å². The molecule has 1 amide bonds. The predicted molar refractivity (Wildman–Crippen MR) is 171 cm³/mol. The minimum absolute atomic E-state index is 0.00695. The van der Waals surface area contributed by atoms with Crippen molar-refractivity contribution in [1.82, 2.24) is 10.6 Å². The number of rotatable bonds is 13. The Morgan fingerprint density at radius 1 is 0.958 bits per heavy atom. The van der Waals surface area contributed by atoms with Gasteiger partial charge in [-0.15, -0.1) is 0 Å². The third kappa shape index (κ3) is 9.31. The first-order valence-corrected chi connectivity index (χ1v) is 16.0. The fraction of sp³-hybridized carbons (Fsp3) is 0.472. The summed E-state index contributed by atoms with van der Waals surface area (Å²) in [4.78, 5) is 40.0. The Hall–Kier alpha value is -4.03. The molecule has 1 saturated heterocycles. The number of hydrogen-bond acceptors (Lipinski definition) is 7. The van der Waals surface area contributed by atoms with Crippen molar-refractivity contribution in [2.24, 2.45) is 5.92 Å². The van der Waals surface area contributed by atoms with Gasteiger partial charge in [-0.05, 0) is 62.3 Å². The summed E-state index contributed by atoms with van der Waals surface area (Å²) < 4.78 is 72.4. The van der Waals surface area contributed by atoms with Crippen LogP contribution in [0.4, 0.5) is 17.6 Å². The van der Waals surface area contributed by atoms with Crippen LogP contribution in [0.25, 0.3) is 10.8 Å². The number of nitrogens with one attached hydrogen (secondary N) is 2. The van der Waals surface area contributed by atoms with Crippen LogP contribution in [-0.2, 0) is 30.3 Å². The molecule has 0 aliphatic carbocycles. The van der Waals surface area contributed by atoms with Gasteiger partial charge >= 0.3 is 5.97 Å². The maximum absolute atomic E-state index is 14.2. The van der Waals surface area contributed by atoms with Crippen LogP contribution in [0, 0.1) is 29.2 Å². The molecule has 0 bridgehead atoms. The second kappa shape index (κ2) is 15.5. The average Bonchev–Trinajstić information content (AvgIpc) is 3.02. The molecule has 3 aromatic carbocycles. The average molecular weight is 675 g/mol. The minimum Gasteiger partial charge on any atom is -0.479 e. The lowest BCUT2D eigenvalue weighted by atomic mass is 9.89. The molecule has 3 atom stereocenters. The molecule has 12 heteroatoms. The van der Waals surface area contributed by atoms with Gasteiger partial charge in [-0.2, -0.15) is 8.78 Å². The molecule has 1 aliphatic rings. The molecule has 1 heterocycles. The second-order valence-corrected chi connectivity index (χ2v) is 13.4. The summed E-state index contributed by atoms with van der Waals surface area (Å²) in [7, 11) is 0. The number of esters is 1. The van der Waals surface area contributed by atoms with Crippen LogP contribution in [0.5, 0.6) is 5.75 Å². The highest BCUT2D eigenvalue weighted by Crippen LogP contribution is 2.31. The number of benzene rings is 3. The smallest absolute Gasteiger partial charge is 0.308 e. The minimum atomic E-state index is -1.83. The van der Waals surface area contributed by atoms with Crippen LogP contribution in [0.1, 0.15) is 65.9 Å². The van der Waals surface area contributed by atoms with Gasteiger partial charge < -0.3 is 19.5 Å². The summed E-state index contributed by atoms with van der Waals surface area (Å²) in [6.07, 6.45) is 2.09. The Morgan fingerprint density at radius 2 is 1.62 bits per heavy atom. The highest BCUT2D eigenvalue weighted by atomic mass is 19.2. The molecule has 0 radical (unpaired) electrons. The first-order chi connectivity index (χ1) is 22.6. The second-order valence-electron chi connectivity index (χ2n) is 13.4. The standard InChI is InChI=1S/C36H42F4N2O6/c1-21(2)32(42-36(15-8-9-16-47-36)19-23-13-10-12-22-11-6-7-14-24(22)23)34(45)41-27(18-29(44)48-35(3,4)5)28(43)20-46-33-30(39)25(37)17-26(38)31(33)40/h6-7,10-14,17,21,27,32,42H,8-9,15-16,18-20H2,1-5H3,(H,41,45)/t27-,32-,36?/m0/s1. The molecule has 0 saturated carbocycles. The fourth-order valence-electron chi connectivity index (χ4n) is 5.71. The summed E-state index contributed by atoms with van der Waals surface area (Å²) in [5, 5.41) is 8.12. The van der Waals surface area contributed by atoms with Crippen molar-refractivity contribution in [2.75, 3.05) is 13.2 Å². The summed E-state index contributed by atoms with van der Waals surface area (Å²) in [6.45, 7) is 7.82. The quantitative estimate of drug-likeness (QED) is 0.124. The van der Waals surface area contributed by atoms with Crippen LogP contribution >= 0.6 is 0 Å². The molecule has 8 nitrogen and oxygen atoms in total. The largest absolute Gasteiger partial charge is 0.479 e. The predicted octanol–water partition coefficient (Wildman–Crippen LogP) is 6.31. The number of fused-ring (bicyclic) bond motifs is 1. The maximum Gasteiger partial charge on any atom is 0.308 e. The van der Waals surface area contributed by atoms with Gasteiger partial charge in [-0.25, -0.2) is 8.78 Å². The van der Waals surface area contributed by atoms with Crippen molar-refractivity contribution >= 4 is 28.4 Å². The first kappa shape index (κ1) is 36.8. The van der Waals surface area contributed by atoms with E-state index < -0.39 is 83.1 Å². The third-order valence-electron chi connectivity index (χ3n) is 8.00. The highest BCUT2D eigenvalue weighted by molar-refractivity contribution is 5.94. The van der Waals surface area contributed by atoms with Crippen molar-refractivity contribution in [1.29, 1.82) is 0 Å². The lowest BCUT2D eigenvalue weighted by Gasteiger charge is -2.42. The van der Waals surface area contributed by atoms with Gasteiger partial charge in [0.2, 0.25) is 17.5 Å². The molecule has 1 fully saturated rings. The molecule has 260 valence electrons. The monoisotopic (exact) mass is 674 g/mol. The van der Waals surface area contributed by atoms with Crippen LogP contribution in [0.2, 0.25) is 0 Å². The number of ether oxygens (including phenoxy) is 3. The molecule has 4 rings (SSSR count). The van der Waals surface area contributed by atoms with Gasteiger partial charge in [0.1, 0.15) is 24.0 Å². The van der Waals surface area contributed by atoms with Gasteiger partial charge in [0, 0.05) is 19.1 Å². The normalized spacial score (nSPS) is 18.0. The summed E-state index contributed by atoms with van der Waals surface area (Å²) in [6, 6.07) is 11.5. The molecule has 3 aromatic rings. The highest BCUT2D eigenvalue weighted by Gasteiger charge is 2.40. The van der Waals surface area contributed by atoms with Crippen molar-refractivity contribution < 1.29 is 46.2 Å². The zero-order valence-corrected chi connectivity index (χ0v) is 27.8. The van der Waals surface area contributed by atoms with E-state index in [2.05, 4.69) is 10.6 Å². The Morgan fingerprint density at radius 3 is 2.25 bits per heavy atom. The Balaban J connectivity index is 1.58. The number of carbonyl (C=O) groups excluding carboxylic acids is 3. The zero-order valence-electron chi connectivity index (χ0n) is 27.8. The Bertz CT molecular complexity index is 1600. The number of amides is 1. The zero-order chi connectivity index (χ0) is 35.2. The number of halogens is 4. The van der Waals surface area contributed by atoms with E-state index in [4.69, 9.17) is 14.2 Å². The van der Waals surface area contributed by atoms with Gasteiger partial charge in [-0.1, -0.05) is 56.3 Å². The van der Waals surface area contributed by atoms with Gasteiger partial charge in [0.15, 0.2) is 23.2 Å².